The van der Waals surface area contributed by atoms with Gasteiger partial charge in [0.15, 0.2) is 0 Å². The molecule has 0 radical (unpaired) electrons. The molecule has 0 saturated heterocycles. The standard InChI is InChI=1S/C80H74N2/c1-77(2,3)58-37-40-67(64-28-17-16-27-63(64)51-23-14-13-15-24-51)74(50-58)81(62-26-22-25-54(48-62)55-43-56(45-59(44-55)78(4,5)6)57-46-60(79(7,8)9)49-61(47-57)80(10,11)12)72-41-35-52-34-39-69-73(42-36-53-33-38-68(72)75(52)76(53)69)82-70-31-20-18-29-65(70)66-30-19-21-32-71(66)82/h13-50H,1-12H3. The van der Waals surface area contributed by atoms with Crippen LogP contribution in [0.5, 0.6) is 0 Å². The van der Waals surface area contributed by atoms with Gasteiger partial charge in [0.25, 0.3) is 0 Å². The van der Waals surface area contributed by atoms with Crippen molar-refractivity contribution < 1.29 is 0 Å². The summed E-state index contributed by atoms with van der Waals surface area (Å²) in [6.45, 7) is 28.0. The Kier molecular flexibility index (Phi) is 12.5. The summed E-state index contributed by atoms with van der Waals surface area (Å²) >= 11 is 0. The molecule has 0 fully saturated rings. The fourth-order valence-corrected chi connectivity index (χ4v) is 12.6. The summed E-state index contributed by atoms with van der Waals surface area (Å²) in [6.07, 6.45) is 0. The molecule has 13 aromatic rings. The molecule has 1 heterocycles. The van der Waals surface area contributed by atoms with Crippen molar-refractivity contribution in [3.63, 3.8) is 0 Å². The second kappa shape index (κ2) is 19.5. The van der Waals surface area contributed by atoms with Crippen LogP contribution in [-0.2, 0) is 21.7 Å². The van der Waals surface area contributed by atoms with E-state index in [1.54, 1.807) is 0 Å². The maximum Gasteiger partial charge on any atom is 0.0543 e. The molecule has 1 aromatic heterocycles. The van der Waals surface area contributed by atoms with Crippen LogP contribution in [0.3, 0.4) is 0 Å². The number of hydrogen-bond acceptors (Lipinski definition) is 1. The summed E-state index contributed by atoms with van der Waals surface area (Å²) in [5.41, 5.74) is 21.6. The van der Waals surface area contributed by atoms with E-state index in [1.165, 1.54) is 127 Å². The van der Waals surface area contributed by atoms with Crippen LogP contribution in [0.25, 0.3) is 104 Å². The van der Waals surface area contributed by atoms with Crippen molar-refractivity contribution >= 4 is 71.2 Å². The molecule has 0 aliphatic rings. The molecule has 0 amide bonds. The number of rotatable bonds is 8. The van der Waals surface area contributed by atoms with Crippen molar-refractivity contribution in [1.29, 1.82) is 0 Å². The van der Waals surface area contributed by atoms with Crippen LogP contribution >= 0.6 is 0 Å². The molecular formula is C80H74N2. The highest BCUT2D eigenvalue weighted by Gasteiger charge is 2.28. The van der Waals surface area contributed by atoms with E-state index in [0.29, 0.717) is 0 Å². The Morgan fingerprint density at radius 3 is 1.39 bits per heavy atom. The minimum Gasteiger partial charge on any atom is -0.309 e. The average molecular weight is 1060 g/mol. The van der Waals surface area contributed by atoms with Crippen LogP contribution in [0.4, 0.5) is 17.1 Å². The molecule has 0 saturated carbocycles. The van der Waals surface area contributed by atoms with E-state index in [-0.39, 0.29) is 21.7 Å². The number of para-hydroxylation sites is 2. The minimum atomic E-state index is -0.132. The SMILES string of the molecule is CC(C)(C)c1cc(-c2cccc(N(c3cc(C(C)(C)C)ccc3-c3ccccc3-c3ccccc3)c3ccc4ccc5c(-n6c7ccccc7c7ccccc76)ccc6ccc3c4c65)c2)cc(-c2cc(C(C)(C)C)cc(C(C)(C)C)c2)c1. The Morgan fingerprint density at radius 1 is 0.280 bits per heavy atom. The maximum atomic E-state index is 2.59. The number of anilines is 3. The Hall–Kier alpha value is -8.72. The van der Waals surface area contributed by atoms with Gasteiger partial charge in [-0.15, -0.1) is 0 Å². The summed E-state index contributed by atoms with van der Waals surface area (Å²) in [5.74, 6) is 0. The van der Waals surface area contributed by atoms with Crippen molar-refractivity contribution in [2.45, 2.75) is 105 Å². The van der Waals surface area contributed by atoms with Gasteiger partial charge in [0.1, 0.15) is 0 Å². The predicted molar refractivity (Wildman–Crippen MR) is 356 cm³/mol. The zero-order valence-electron chi connectivity index (χ0n) is 49.8. The molecule has 13 rings (SSSR count). The first-order valence-electron chi connectivity index (χ1n) is 29.4. The number of hydrogen-bond donors (Lipinski definition) is 0. The normalized spacial score (nSPS) is 12.6. The van der Waals surface area contributed by atoms with Gasteiger partial charge in [0, 0.05) is 32.8 Å². The molecule has 404 valence electrons. The highest BCUT2D eigenvalue weighted by Crippen LogP contribution is 2.51. The van der Waals surface area contributed by atoms with Crippen LogP contribution in [0.2, 0.25) is 0 Å². The van der Waals surface area contributed by atoms with Crippen LogP contribution < -0.4 is 4.90 Å². The van der Waals surface area contributed by atoms with E-state index in [0.717, 1.165) is 17.1 Å². The Labute approximate surface area is 485 Å². The Balaban J connectivity index is 1.09. The molecule has 0 unspecified atom stereocenters. The lowest BCUT2D eigenvalue weighted by atomic mass is 9.78. The average Bonchev–Trinajstić information content (AvgIpc) is 3.98. The van der Waals surface area contributed by atoms with E-state index in [1.807, 2.05) is 0 Å². The molecule has 0 bridgehead atoms. The molecule has 12 aromatic carbocycles. The fourth-order valence-electron chi connectivity index (χ4n) is 12.6. The fraction of sp³-hybridized carbons (Fsp3) is 0.200. The summed E-state index contributed by atoms with van der Waals surface area (Å²) in [7, 11) is 0. The third-order valence-electron chi connectivity index (χ3n) is 17.3. The van der Waals surface area contributed by atoms with Gasteiger partial charge in [-0.1, -0.05) is 265 Å². The van der Waals surface area contributed by atoms with Crippen LogP contribution in [0.15, 0.2) is 231 Å². The van der Waals surface area contributed by atoms with Gasteiger partial charge in [-0.3, -0.25) is 0 Å². The third kappa shape index (κ3) is 9.23. The molecule has 0 atom stereocenters. The molecular weight excluding hydrogens is 989 g/mol. The molecule has 0 aliphatic carbocycles. The van der Waals surface area contributed by atoms with Gasteiger partial charge in [-0.05, 0) is 153 Å². The molecule has 0 N–H and O–H groups in total. The monoisotopic (exact) mass is 1060 g/mol. The smallest absolute Gasteiger partial charge is 0.0543 e. The van der Waals surface area contributed by atoms with Gasteiger partial charge < -0.3 is 9.47 Å². The van der Waals surface area contributed by atoms with E-state index in [9.17, 15) is 0 Å². The van der Waals surface area contributed by atoms with Crippen molar-refractivity contribution in [1.82, 2.24) is 4.57 Å². The first-order chi connectivity index (χ1) is 39.2. The zero-order chi connectivity index (χ0) is 57.0. The van der Waals surface area contributed by atoms with Gasteiger partial charge >= 0.3 is 0 Å². The number of fused-ring (bicyclic) bond motifs is 3. The minimum absolute atomic E-state index is 0.0111. The van der Waals surface area contributed by atoms with Crippen molar-refractivity contribution in [3.05, 3.63) is 253 Å². The van der Waals surface area contributed by atoms with Gasteiger partial charge in [0.05, 0.1) is 28.1 Å². The van der Waals surface area contributed by atoms with E-state index in [4.69, 9.17) is 0 Å². The number of benzene rings is 12. The third-order valence-corrected chi connectivity index (χ3v) is 17.3. The maximum absolute atomic E-state index is 2.59. The second-order valence-corrected chi connectivity index (χ2v) is 27.1. The summed E-state index contributed by atoms with van der Waals surface area (Å²) in [4.78, 5) is 2.59. The van der Waals surface area contributed by atoms with Gasteiger partial charge in [0.2, 0.25) is 0 Å². The van der Waals surface area contributed by atoms with E-state index >= 15 is 0 Å². The van der Waals surface area contributed by atoms with Crippen LogP contribution in [0, 0.1) is 0 Å². The van der Waals surface area contributed by atoms with Crippen LogP contribution in [-0.4, -0.2) is 4.57 Å². The largest absolute Gasteiger partial charge is 0.309 e. The number of nitrogens with zero attached hydrogens (tertiary/aromatic N) is 2. The predicted octanol–water partition coefficient (Wildman–Crippen LogP) is 23.0. The summed E-state index contributed by atoms with van der Waals surface area (Å²) in [6, 6.07) is 87.6. The first kappa shape index (κ1) is 52.6. The van der Waals surface area contributed by atoms with Gasteiger partial charge in [-0.2, -0.15) is 0 Å². The summed E-state index contributed by atoms with van der Waals surface area (Å²) < 4.78 is 2.48. The lowest BCUT2D eigenvalue weighted by Gasteiger charge is -2.32. The topological polar surface area (TPSA) is 8.17 Å². The van der Waals surface area contributed by atoms with E-state index in [2.05, 4.69) is 323 Å². The quantitative estimate of drug-likeness (QED) is 0.138. The highest BCUT2D eigenvalue weighted by molar-refractivity contribution is 6.27. The molecule has 2 heteroatoms. The molecule has 2 nitrogen and oxygen atoms in total. The van der Waals surface area contributed by atoms with Crippen molar-refractivity contribution in [3.8, 4) is 50.2 Å². The lowest BCUT2D eigenvalue weighted by Crippen LogP contribution is -2.16. The molecule has 0 aliphatic heterocycles. The van der Waals surface area contributed by atoms with Crippen molar-refractivity contribution in [2.75, 3.05) is 4.90 Å². The highest BCUT2D eigenvalue weighted by atomic mass is 15.1. The molecule has 82 heavy (non-hydrogen) atoms. The zero-order valence-corrected chi connectivity index (χ0v) is 49.8. The van der Waals surface area contributed by atoms with E-state index < -0.39 is 0 Å². The molecule has 0 spiro atoms. The van der Waals surface area contributed by atoms with Crippen molar-refractivity contribution in [2.24, 2.45) is 0 Å². The number of aromatic nitrogens is 1. The first-order valence-corrected chi connectivity index (χ1v) is 29.4. The van der Waals surface area contributed by atoms with Crippen LogP contribution in [0.1, 0.15) is 105 Å². The Morgan fingerprint density at radius 2 is 0.768 bits per heavy atom. The van der Waals surface area contributed by atoms with Gasteiger partial charge in [-0.25, -0.2) is 0 Å². The second-order valence-electron chi connectivity index (χ2n) is 27.1. The summed E-state index contributed by atoms with van der Waals surface area (Å²) in [5, 5.41) is 9.95. The Bertz CT molecular complexity index is 4510. The lowest BCUT2D eigenvalue weighted by molar-refractivity contribution is 0.569.